The minimum atomic E-state index is -0.945. The number of hydrogen-bond donors (Lipinski definition) is 2. The molecule has 6 heteroatoms. The summed E-state index contributed by atoms with van der Waals surface area (Å²) in [5.74, 6) is 0.0714. The van der Waals surface area contributed by atoms with Crippen LogP contribution in [0.15, 0.2) is 49.1 Å². The Morgan fingerprint density at radius 3 is 2.86 bits per heavy atom. The minimum absolute atomic E-state index is 0.183. The molecule has 0 radical (unpaired) electrons. The zero-order chi connectivity index (χ0) is 24.8. The number of anilines is 1. The number of hydrogen-bond acceptors (Lipinski definition) is 4. The number of aryl methyl sites for hydroxylation is 1. The Bertz CT molecular complexity index is 1150. The molecule has 1 saturated carbocycles. The van der Waals surface area contributed by atoms with Gasteiger partial charge in [0.25, 0.3) is 0 Å². The number of carboxylic acids is 1. The third kappa shape index (κ3) is 4.23. The summed E-state index contributed by atoms with van der Waals surface area (Å²) in [5, 5.41) is 21.3. The highest BCUT2D eigenvalue weighted by Gasteiger charge is 2.49. The Kier molecular flexibility index (Phi) is 6.35. The van der Waals surface area contributed by atoms with Gasteiger partial charge in [0.05, 0.1) is 24.0 Å². The monoisotopic (exact) mass is 495 g/mol. The van der Waals surface area contributed by atoms with Crippen molar-refractivity contribution in [3.05, 3.63) is 70.8 Å². The molecule has 0 saturated heterocycles. The van der Waals surface area contributed by atoms with E-state index in [4.69, 9.17) is 16.3 Å². The van der Waals surface area contributed by atoms with Gasteiger partial charge in [-0.1, -0.05) is 30.7 Å². The summed E-state index contributed by atoms with van der Waals surface area (Å²) >= 11 is 6.34. The molecule has 1 aliphatic heterocycles. The van der Waals surface area contributed by atoms with Crippen LogP contribution in [0.1, 0.15) is 60.5 Å². The summed E-state index contributed by atoms with van der Waals surface area (Å²) < 4.78 is 6.43. The van der Waals surface area contributed by atoms with Crippen LogP contribution in [0.3, 0.4) is 0 Å². The van der Waals surface area contributed by atoms with E-state index >= 15 is 0 Å². The molecule has 1 fully saturated rings. The highest BCUT2D eigenvalue weighted by molar-refractivity contribution is 6.30. The van der Waals surface area contributed by atoms with Gasteiger partial charge in [0, 0.05) is 23.5 Å². The van der Waals surface area contributed by atoms with Crippen molar-refractivity contribution in [3.63, 3.8) is 0 Å². The van der Waals surface area contributed by atoms with E-state index in [0.29, 0.717) is 18.9 Å². The lowest BCUT2D eigenvalue weighted by Gasteiger charge is -2.52. The van der Waals surface area contributed by atoms with E-state index in [0.717, 1.165) is 61.7 Å². The van der Waals surface area contributed by atoms with Crippen LogP contribution in [0, 0.1) is 11.3 Å². The molecule has 5 rings (SSSR count). The van der Waals surface area contributed by atoms with Gasteiger partial charge in [0.1, 0.15) is 5.75 Å². The van der Waals surface area contributed by atoms with E-state index < -0.39 is 12.1 Å². The number of carbonyl (C=O) groups is 1. The smallest absolute Gasteiger partial charge is 0.335 e. The van der Waals surface area contributed by atoms with Gasteiger partial charge in [-0.3, -0.25) is 0 Å². The van der Waals surface area contributed by atoms with Crippen molar-refractivity contribution in [1.82, 2.24) is 0 Å². The Balaban J connectivity index is 1.55. The summed E-state index contributed by atoms with van der Waals surface area (Å²) in [6.45, 7) is 8.01. The number of benzene rings is 2. The maximum Gasteiger partial charge on any atom is 0.335 e. The largest absolute Gasteiger partial charge is 0.490 e. The van der Waals surface area contributed by atoms with E-state index in [2.05, 4.69) is 30.5 Å². The molecule has 5 nitrogen and oxygen atoms in total. The molecule has 2 aromatic carbocycles. The Labute approximate surface area is 212 Å². The number of aliphatic hydroxyl groups is 1. The second-order valence-corrected chi connectivity index (χ2v) is 11.3. The fourth-order valence-electron chi connectivity index (χ4n) is 6.48. The number of ether oxygens (including phenoxy) is 1. The fraction of sp³-hybridized carbons (Fsp3) is 0.483. The van der Waals surface area contributed by atoms with Crippen LogP contribution in [-0.2, 0) is 11.8 Å². The number of aromatic carboxylic acids is 1. The standard InChI is InChI=1S/C29H34ClNO4/c1-3-5-26(32)28(2)13-11-21(28)16-31-17-29(12-4-6-19-14-22(30)8-9-23(19)29)18-35-25-10-7-20(27(33)34)15-24(25)31/h3,7-10,14-15,21,26,32H,1,4-6,11-13,16-18H2,2H3,(H,33,34)/t21-,26?,28-,29-/m0/s1. The van der Waals surface area contributed by atoms with E-state index in [1.165, 1.54) is 11.1 Å². The normalized spacial score (nSPS) is 28.2. The minimum Gasteiger partial charge on any atom is -0.490 e. The molecule has 0 bridgehead atoms. The molecule has 0 amide bonds. The van der Waals surface area contributed by atoms with Crippen LogP contribution in [0.25, 0.3) is 0 Å². The summed E-state index contributed by atoms with van der Waals surface area (Å²) in [7, 11) is 0. The number of fused-ring (bicyclic) bond motifs is 3. The van der Waals surface area contributed by atoms with Crippen molar-refractivity contribution in [3.8, 4) is 5.75 Å². The lowest BCUT2D eigenvalue weighted by atomic mass is 9.57. The number of carboxylic acid groups (broad SMARTS) is 1. The molecule has 2 aromatic rings. The first-order valence-corrected chi connectivity index (χ1v) is 13.0. The SMILES string of the molecule is C=CCC(O)[C@@]1(C)CC[C@H]1CN1C[C@@]2(CCCc3cc(Cl)ccc32)COc2ccc(C(=O)O)cc21. The summed E-state index contributed by atoms with van der Waals surface area (Å²) in [6, 6.07) is 11.4. The van der Waals surface area contributed by atoms with Gasteiger partial charge in [-0.15, -0.1) is 6.58 Å². The zero-order valence-corrected chi connectivity index (χ0v) is 21.1. The van der Waals surface area contributed by atoms with E-state index in [9.17, 15) is 15.0 Å². The first kappa shape index (κ1) is 24.2. The first-order valence-electron chi connectivity index (χ1n) is 12.6. The fourth-order valence-corrected chi connectivity index (χ4v) is 6.68. The van der Waals surface area contributed by atoms with E-state index in [-0.39, 0.29) is 16.4 Å². The van der Waals surface area contributed by atoms with E-state index in [1.807, 2.05) is 6.07 Å². The first-order chi connectivity index (χ1) is 16.8. The number of nitrogens with zero attached hydrogens (tertiary/aromatic N) is 1. The number of aliphatic hydroxyl groups excluding tert-OH is 1. The second kappa shape index (κ2) is 9.18. The molecule has 1 spiro atoms. The predicted octanol–water partition coefficient (Wildman–Crippen LogP) is 5.86. The Hall–Kier alpha value is -2.50. The quantitative estimate of drug-likeness (QED) is 0.491. The van der Waals surface area contributed by atoms with Gasteiger partial charge in [-0.2, -0.15) is 0 Å². The molecule has 1 unspecified atom stereocenters. The van der Waals surface area contributed by atoms with Gasteiger partial charge in [-0.25, -0.2) is 4.79 Å². The third-order valence-electron chi connectivity index (χ3n) is 8.84. The van der Waals surface area contributed by atoms with Crippen molar-refractivity contribution >= 4 is 23.3 Å². The zero-order valence-electron chi connectivity index (χ0n) is 20.3. The summed E-state index contributed by atoms with van der Waals surface area (Å²) in [4.78, 5) is 14.1. The van der Waals surface area contributed by atoms with Gasteiger partial charge in [-0.05, 0) is 91.3 Å². The average Bonchev–Trinajstić information content (AvgIpc) is 2.98. The van der Waals surface area contributed by atoms with Gasteiger partial charge in [0.15, 0.2) is 0 Å². The highest BCUT2D eigenvalue weighted by atomic mass is 35.5. The maximum atomic E-state index is 11.8. The van der Waals surface area contributed by atoms with Crippen LogP contribution in [0.2, 0.25) is 5.02 Å². The van der Waals surface area contributed by atoms with Crippen molar-refractivity contribution in [2.45, 2.75) is 57.0 Å². The molecule has 2 N–H and O–H groups in total. The summed E-state index contributed by atoms with van der Waals surface area (Å²) in [6.07, 6.45) is 7.01. The van der Waals surface area contributed by atoms with Crippen molar-refractivity contribution in [2.75, 3.05) is 24.6 Å². The van der Waals surface area contributed by atoms with Crippen LogP contribution in [-0.4, -0.2) is 42.0 Å². The van der Waals surface area contributed by atoms with Gasteiger partial charge < -0.3 is 19.8 Å². The molecule has 2 aliphatic carbocycles. The molecule has 1 heterocycles. The molecule has 0 aromatic heterocycles. The highest BCUT2D eigenvalue weighted by Crippen LogP contribution is 2.52. The van der Waals surface area contributed by atoms with Crippen LogP contribution >= 0.6 is 11.6 Å². The number of rotatable bonds is 6. The Morgan fingerprint density at radius 2 is 2.14 bits per heavy atom. The maximum absolute atomic E-state index is 11.8. The van der Waals surface area contributed by atoms with Crippen molar-refractivity contribution < 1.29 is 19.7 Å². The molecular weight excluding hydrogens is 462 g/mol. The average molecular weight is 496 g/mol. The topological polar surface area (TPSA) is 70.0 Å². The molecular formula is C29H34ClNO4. The van der Waals surface area contributed by atoms with Crippen LogP contribution in [0.5, 0.6) is 5.75 Å². The van der Waals surface area contributed by atoms with E-state index in [1.54, 1.807) is 24.3 Å². The van der Waals surface area contributed by atoms with Crippen molar-refractivity contribution in [2.24, 2.45) is 11.3 Å². The predicted molar refractivity (Wildman–Crippen MR) is 139 cm³/mol. The molecule has 4 atom stereocenters. The van der Waals surface area contributed by atoms with Gasteiger partial charge >= 0.3 is 5.97 Å². The summed E-state index contributed by atoms with van der Waals surface area (Å²) in [5.41, 5.74) is 3.26. The lowest BCUT2D eigenvalue weighted by Crippen LogP contribution is -2.53. The van der Waals surface area contributed by atoms with Gasteiger partial charge in [0.2, 0.25) is 0 Å². The third-order valence-corrected chi connectivity index (χ3v) is 9.08. The lowest BCUT2D eigenvalue weighted by molar-refractivity contribution is -0.0695. The van der Waals surface area contributed by atoms with Crippen molar-refractivity contribution in [1.29, 1.82) is 0 Å². The number of halogens is 1. The Morgan fingerprint density at radius 1 is 1.31 bits per heavy atom. The van der Waals surface area contributed by atoms with Crippen LogP contribution in [0.4, 0.5) is 5.69 Å². The van der Waals surface area contributed by atoms with Crippen LogP contribution < -0.4 is 9.64 Å². The molecule has 186 valence electrons. The second-order valence-electron chi connectivity index (χ2n) is 10.9. The molecule has 35 heavy (non-hydrogen) atoms. The molecule has 3 aliphatic rings.